The van der Waals surface area contributed by atoms with Gasteiger partial charge in [0, 0.05) is 6.61 Å². The predicted molar refractivity (Wildman–Crippen MR) is 17.8 cm³/mol. The van der Waals surface area contributed by atoms with Crippen LogP contribution in [0, 0.1) is 0 Å². The summed E-state index contributed by atoms with van der Waals surface area (Å²) in [5.41, 5.74) is 0. The minimum atomic E-state index is 0.250. The molecule has 0 unspecified atom stereocenters. The summed E-state index contributed by atoms with van der Waals surface area (Å²) in [4.78, 5) is 16.2. The van der Waals surface area contributed by atoms with Crippen LogP contribution in [0.1, 0.15) is 6.92 Å². The molecule has 1 N–H and O–H groups in total. The Kier molecular flexibility index (Phi) is 40.5. The number of hydrogen-bond donors (Lipinski definition) is 1. The lowest BCUT2D eigenvalue weighted by atomic mass is 10.9. The Morgan fingerprint density at radius 2 is 1.67 bits per heavy atom. The van der Waals surface area contributed by atoms with E-state index in [9.17, 15) is 0 Å². The summed E-state index contributed by atoms with van der Waals surface area (Å²) in [5, 5.41) is 7.57. The van der Waals surface area contributed by atoms with Crippen molar-refractivity contribution in [3.8, 4) is 0 Å². The molecular weight excluding hydrogens is 84.0 g/mol. The van der Waals surface area contributed by atoms with E-state index in [0.29, 0.717) is 0 Å². The van der Waals surface area contributed by atoms with E-state index in [1.807, 2.05) is 0 Å². The molecule has 0 amide bonds. The Hall–Kier alpha value is -0.660. The second-order valence-electron chi connectivity index (χ2n) is 0.400. The van der Waals surface area contributed by atoms with E-state index in [-0.39, 0.29) is 12.8 Å². The van der Waals surface area contributed by atoms with Gasteiger partial charge in [0.2, 0.25) is 0 Å². The van der Waals surface area contributed by atoms with E-state index >= 15 is 0 Å². The third kappa shape index (κ3) is 42.0. The van der Waals surface area contributed by atoms with Crippen LogP contribution in [0.4, 0.5) is 0 Å². The van der Waals surface area contributed by atoms with Gasteiger partial charge in [-0.05, 0) is 6.92 Å². The normalized spacial score (nSPS) is 4.33. The van der Waals surface area contributed by atoms with Gasteiger partial charge in [0.05, 0.1) is 0 Å². The van der Waals surface area contributed by atoms with Gasteiger partial charge < -0.3 is 5.11 Å². The SMILES string of the molecule is CCO.O=C=O. The molecule has 0 saturated heterocycles. The third-order valence-electron chi connectivity index (χ3n) is 0. The number of carbonyl (C=O) groups excluding carboxylic acids is 2. The molecular formula is C3H6O3. The van der Waals surface area contributed by atoms with Gasteiger partial charge in [-0.3, -0.25) is 0 Å². The molecule has 0 radical (unpaired) electrons. The highest BCUT2D eigenvalue weighted by Gasteiger charge is 1.34. The van der Waals surface area contributed by atoms with E-state index in [0.717, 1.165) is 0 Å². The van der Waals surface area contributed by atoms with Gasteiger partial charge in [0.15, 0.2) is 0 Å². The van der Waals surface area contributed by atoms with Gasteiger partial charge in [-0.1, -0.05) is 0 Å². The molecule has 0 aliphatic rings. The molecule has 0 aliphatic carbocycles. The van der Waals surface area contributed by atoms with E-state index in [1.54, 1.807) is 6.92 Å². The first kappa shape index (κ1) is 9.02. The number of aliphatic hydroxyl groups is 1. The van der Waals surface area contributed by atoms with Crippen LogP contribution in [0.25, 0.3) is 0 Å². The Morgan fingerprint density at radius 3 is 1.67 bits per heavy atom. The minimum Gasteiger partial charge on any atom is -0.397 e. The Morgan fingerprint density at radius 1 is 1.67 bits per heavy atom. The lowest BCUT2D eigenvalue weighted by molar-refractivity contribution is -0.191. The average molecular weight is 90.1 g/mol. The van der Waals surface area contributed by atoms with Crippen molar-refractivity contribution < 1.29 is 14.7 Å². The van der Waals surface area contributed by atoms with Gasteiger partial charge in [-0.25, -0.2) is 0 Å². The maximum atomic E-state index is 8.12. The quantitative estimate of drug-likeness (QED) is 0.432. The smallest absolute Gasteiger partial charge is 0.373 e. The standard InChI is InChI=1S/C2H6O.CO2/c1-2-3;2-1-3/h3H,2H2,1H3;. The second-order valence-corrected chi connectivity index (χ2v) is 0.400. The first-order chi connectivity index (χ1) is 2.83. The largest absolute Gasteiger partial charge is 0.397 e. The third-order valence-corrected chi connectivity index (χ3v) is 0. The molecule has 0 bridgehead atoms. The molecule has 0 rings (SSSR count). The van der Waals surface area contributed by atoms with Crippen LogP contribution in [-0.4, -0.2) is 17.9 Å². The van der Waals surface area contributed by atoms with E-state index in [4.69, 9.17) is 14.7 Å². The zero-order chi connectivity index (χ0) is 5.41. The summed E-state index contributed by atoms with van der Waals surface area (Å²) < 4.78 is 0. The van der Waals surface area contributed by atoms with Crippen molar-refractivity contribution in [1.29, 1.82) is 0 Å². The summed E-state index contributed by atoms with van der Waals surface area (Å²) in [6, 6.07) is 0. The number of hydrogen-bond acceptors (Lipinski definition) is 3. The van der Waals surface area contributed by atoms with Crippen molar-refractivity contribution in [2.45, 2.75) is 6.92 Å². The number of rotatable bonds is 0. The predicted octanol–water partition coefficient (Wildman–Crippen LogP) is -0.585. The first-order valence-corrected chi connectivity index (χ1v) is 1.43. The van der Waals surface area contributed by atoms with Gasteiger partial charge in [0.1, 0.15) is 0 Å². The highest BCUT2D eigenvalue weighted by Crippen LogP contribution is 1.30. The maximum absolute atomic E-state index is 8.12. The van der Waals surface area contributed by atoms with Crippen LogP contribution in [0.3, 0.4) is 0 Å². The summed E-state index contributed by atoms with van der Waals surface area (Å²) in [6.07, 6.45) is 0.250. The molecule has 36 valence electrons. The maximum Gasteiger partial charge on any atom is 0.373 e. The fourth-order valence-corrected chi connectivity index (χ4v) is 0. The average Bonchev–Trinajstić information content (AvgIpc) is 1.39. The van der Waals surface area contributed by atoms with Gasteiger partial charge in [-0.15, -0.1) is 0 Å². The molecule has 0 aromatic heterocycles. The molecule has 0 saturated carbocycles. The monoisotopic (exact) mass is 90.0 g/mol. The molecule has 0 aliphatic heterocycles. The molecule has 0 fully saturated rings. The topological polar surface area (TPSA) is 54.4 Å². The fourth-order valence-electron chi connectivity index (χ4n) is 0. The molecule has 0 heterocycles. The Labute approximate surface area is 35.6 Å². The van der Waals surface area contributed by atoms with Gasteiger partial charge in [-0.2, -0.15) is 9.59 Å². The molecule has 0 atom stereocenters. The van der Waals surface area contributed by atoms with Crippen molar-refractivity contribution in [3.63, 3.8) is 0 Å². The van der Waals surface area contributed by atoms with Crippen molar-refractivity contribution in [2.24, 2.45) is 0 Å². The molecule has 0 aromatic rings. The van der Waals surface area contributed by atoms with Crippen molar-refractivity contribution in [3.05, 3.63) is 0 Å². The highest BCUT2D eigenvalue weighted by atomic mass is 16.2. The lowest BCUT2D eigenvalue weighted by Crippen LogP contribution is -1.57. The van der Waals surface area contributed by atoms with Crippen molar-refractivity contribution in [2.75, 3.05) is 6.61 Å². The summed E-state index contributed by atoms with van der Waals surface area (Å²) in [5.74, 6) is 0. The van der Waals surface area contributed by atoms with Crippen LogP contribution < -0.4 is 0 Å². The van der Waals surface area contributed by atoms with Crippen molar-refractivity contribution in [1.82, 2.24) is 0 Å². The van der Waals surface area contributed by atoms with E-state index in [2.05, 4.69) is 0 Å². The molecule has 3 nitrogen and oxygen atoms in total. The van der Waals surface area contributed by atoms with Gasteiger partial charge >= 0.3 is 6.15 Å². The van der Waals surface area contributed by atoms with Crippen LogP contribution >= 0.6 is 0 Å². The Bertz CT molecular complexity index is 35.3. The fraction of sp³-hybridized carbons (Fsp3) is 0.667. The molecule has 0 spiro atoms. The van der Waals surface area contributed by atoms with Crippen LogP contribution in [0.2, 0.25) is 0 Å². The Balaban J connectivity index is 0. The van der Waals surface area contributed by atoms with E-state index < -0.39 is 0 Å². The summed E-state index contributed by atoms with van der Waals surface area (Å²) in [7, 11) is 0. The van der Waals surface area contributed by atoms with Crippen molar-refractivity contribution >= 4 is 6.15 Å². The summed E-state index contributed by atoms with van der Waals surface area (Å²) in [6.45, 7) is 1.93. The zero-order valence-electron chi connectivity index (χ0n) is 3.47. The first-order valence-electron chi connectivity index (χ1n) is 1.43. The molecule has 3 heteroatoms. The molecule has 6 heavy (non-hydrogen) atoms. The second kappa shape index (κ2) is 27.0. The van der Waals surface area contributed by atoms with E-state index in [1.165, 1.54) is 0 Å². The van der Waals surface area contributed by atoms with Crippen LogP contribution in [0.15, 0.2) is 0 Å². The van der Waals surface area contributed by atoms with Crippen LogP contribution in [0.5, 0.6) is 0 Å². The molecule has 0 aromatic carbocycles. The highest BCUT2D eigenvalue weighted by molar-refractivity contribution is 5.20. The zero-order valence-corrected chi connectivity index (χ0v) is 3.47. The van der Waals surface area contributed by atoms with Crippen LogP contribution in [-0.2, 0) is 9.59 Å². The summed E-state index contributed by atoms with van der Waals surface area (Å²) >= 11 is 0. The minimum absolute atomic E-state index is 0.250. The lowest BCUT2D eigenvalue weighted by Gasteiger charge is -1.52. The van der Waals surface area contributed by atoms with Gasteiger partial charge in [0.25, 0.3) is 0 Å². The number of aliphatic hydroxyl groups excluding tert-OH is 1.